The van der Waals surface area contributed by atoms with E-state index in [1.807, 2.05) is 0 Å². The van der Waals surface area contributed by atoms with E-state index in [0.717, 1.165) is 11.3 Å². The number of carbonyl (C=O) groups excluding carboxylic acids is 4. The van der Waals surface area contributed by atoms with Gasteiger partial charge in [-0.15, -0.1) is 0 Å². The Morgan fingerprint density at radius 1 is 0.933 bits per heavy atom. The zero-order valence-corrected chi connectivity index (χ0v) is 16.8. The molecular formula is C22H23N3O5. The second-order valence-corrected chi connectivity index (χ2v) is 7.30. The predicted octanol–water partition coefficient (Wildman–Crippen LogP) is 2.17. The Kier molecular flexibility index (Phi) is 6.46. The van der Waals surface area contributed by atoms with Crippen LogP contribution in [0.4, 0.5) is 0 Å². The standard InChI is InChI=1S/C22H23N3O5/c1-14(2)11-12-30-16-9-7-15(8-10-16)20(27)24-23-19(26)13-25-21(28)17-5-3-4-6-18(17)22(25)29/h3-10,14H,11-13H2,1-2H3,(H,23,26)(H,24,27). The van der Waals surface area contributed by atoms with Crippen LogP contribution in [0.15, 0.2) is 48.5 Å². The topological polar surface area (TPSA) is 105 Å². The van der Waals surface area contributed by atoms with Crippen LogP contribution < -0.4 is 15.6 Å². The van der Waals surface area contributed by atoms with Gasteiger partial charge in [0.1, 0.15) is 12.3 Å². The van der Waals surface area contributed by atoms with Crippen LogP contribution >= 0.6 is 0 Å². The van der Waals surface area contributed by atoms with Crippen LogP contribution in [0, 0.1) is 5.92 Å². The average molecular weight is 409 g/mol. The lowest BCUT2D eigenvalue weighted by molar-refractivity contribution is -0.122. The van der Waals surface area contributed by atoms with E-state index in [4.69, 9.17) is 4.74 Å². The number of rotatable bonds is 7. The fourth-order valence-electron chi connectivity index (χ4n) is 2.88. The minimum atomic E-state index is -0.688. The lowest BCUT2D eigenvalue weighted by Gasteiger charge is -2.14. The first kappa shape index (κ1) is 21.0. The SMILES string of the molecule is CC(C)CCOc1ccc(C(=O)NNC(=O)CN2C(=O)c3ccccc3C2=O)cc1. The molecule has 0 saturated heterocycles. The van der Waals surface area contributed by atoms with E-state index in [1.54, 1.807) is 36.4 Å². The minimum absolute atomic E-state index is 0.259. The van der Waals surface area contributed by atoms with Crippen molar-refractivity contribution >= 4 is 23.6 Å². The molecule has 0 spiro atoms. The van der Waals surface area contributed by atoms with E-state index in [9.17, 15) is 19.2 Å². The lowest BCUT2D eigenvalue weighted by atomic mass is 10.1. The summed E-state index contributed by atoms with van der Waals surface area (Å²) in [6.07, 6.45) is 0.932. The molecule has 8 nitrogen and oxygen atoms in total. The third-order valence-electron chi connectivity index (χ3n) is 4.58. The molecule has 2 aromatic rings. The molecule has 0 unspecified atom stereocenters. The summed E-state index contributed by atoms with van der Waals surface area (Å²) in [6.45, 7) is 4.32. The van der Waals surface area contributed by atoms with E-state index < -0.39 is 30.2 Å². The van der Waals surface area contributed by atoms with Crippen LogP contribution in [0.25, 0.3) is 0 Å². The number of ether oxygens (including phenoxy) is 1. The molecular weight excluding hydrogens is 386 g/mol. The molecule has 1 heterocycles. The Hall–Kier alpha value is -3.68. The van der Waals surface area contributed by atoms with Crippen molar-refractivity contribution in [2.24, 2.45) is 5.92 Å². The van der Waals surface area contributed by atoms with Gasteiger partial charge >= 0.3 is 0 Å². The Morgan fingerprint density at radius 3 is 2.10 bits per heavy atom. The molecule has 0 aromatic heterocycles. The van der Waals surface area contributed by atoms with Gasteiger partial charge in [0.2, 0.25) is 0 Å². The molecule has 0 fully saturated rings. The maximum Gasteiger partial charge on any atom is 0.269 e. The summed E-state index contributed by atoms with van der Waals surface area (Å²) >= 11 is 0. The summed E-state index contributed by atoms with van der Waals surface area (Å²) in [5.74, 6) is -1.10. The number of hydrogen-bond donors (Lipinski definition) is 2. The van der Waals surface area contributed by atoms with E-state index in [-0.39, 0.29) is 11.1 Å². The van der Waals surface area contributed by atoms with Gasteiger partial charge in [-0.3, -0.25) is 34.9 Å². The maximum atomic E-state index is 12.3. The molecule has 4 amide bonds. The summed E-state index contributed by atoms with van der Waals surface area (Å²) in [7, 11) is 0. The van der Waals surface area contributed by atoms with Gasteiger partial charge < -0.3 is 4.74 Å². The van der Waals surface area contributed by atoms with Gasteiger partial charge in [-0.05, 0) is 48.7 Å². The number of carbonyl (C=O) groups is 4. The van der Waals surface area contributed by atoms with Crippen molar-refractivity contribution in [2.75, 3.05) is 13.2 Å². The van der Waals surface area contributed by atoms with Crippen molar-refractivity contribution in [3.05, 3.63) is 65.2 Å². The molecule has 0 bridgehead atoms. The molecule has 1 aliphatic heterocycles. The number of imide groups is 1. The van der Waals surface area contributed by atoms with Crippen molar-refractivity contribution in [1.82, 2.24) is 15.8 Å². The molecule has 0 aliphatic carbocycles. The zero-order chi connectivity index (χ0) is 21.7. The van der Waals surface area contributed by atoms with Gasteiger partial charge in [-0.1, -0.05) is 26.0 Å². The molecule has 3 rings (SSSR count). The Balaban J connectivity index is 1.49. The van der Waals surface area contributed by atoms with Crippen LogP contribution in [0.1, 0.15) is 51.3 Å². The van der Waals surface area contributed by atoms with Crippen molar-refractivity contribution < 1.29 is 23.9 Å². The van der Waals surface area contributed by atoms with Crippen LogP contribution in [0.2, 0.25) is 0 Å². The number of nitrogens with one attached hydrogen (secondary N) is 2. The second-order valence-electron chi connectivity index (χ2n) is 7.30. The van der Waals surface area contributed by atoms with Gasteiger partial charge in [-0.25, -0.2) is 0 Å². The molecule has 2 aromatic carbocycles. The third-order valence-corrected chi connectivity index (χ3v) is 4.58. The van der Waals surface area contributed by atoms with E-state index in [2.05, 4.69) is 24.7 Å². The highest BCUT2D eigenvalue weighted by Crippen LogP contribution is 2.21. The molecule has 0 saturated carbocycles. The minimum Gasteiger partial charge on any atom is -0.494 e. The highest BCUT2D eigenvalue weighted by molar-refractivity contribution is 6.22. The monoisotopic (exact) mass is 409 g/mol. The molecule has 0 atom stereocenters. The first-order chi connectivity index (χ1) is 14.4. The number of nitrogens with zero attached hydrogens (tertiary/aromatic N) is 1. The Labute approximate surface area is 174 Å². The molecule has 0 radical (unpaired) electrons. The molecule has 30 heavy (non-hydrogen) atoms. The summed E-state index contributed by atoms with van der Waals surface area (Å²) in [4.78, 5) is 49.7. The Morgan fingerprint density at radius 2 is 1.53 bits per heavy atom. The number of benzene rings is 2. The normalized spacial score (nSPS) is 12.7. The van der Waals surface area contributed by atoms with Crippen LogP contribution in [-0.2, 0) is 4.79 Å². The first-order valence-electron chi connectivity index (χ1n) is 9.64. The number of hydrogen-bond acceptors (Lipinski definition) is 5. The zero-order valence-electron chi connectivity index (χ0n) is 16.8. The lowest BCUT2D eigenvalue weighted by Crippen LogP contribution is -2.47. The van der Waals surface area contributed by atoms with Gasteiger partial charge in [-0.2, -0.15) is 0 Å². The quantitative estimate of drug-likeness (QED) is 0.539. The van der Waals surface area contributed by atoms with Crippen molar-refractivity contribution in [2.45, 2.75) is 20.3 Å². The van der Waals surface area contributed by atoms with Crippen LogP contribution in [0.5, 0.6) is 5.75 Å². The summed E-state index contributed by atoms with van der Waals surface area (Å²) in [5, 5.41) is 0. The molecule has 156 valence electrons. The van der Waals surface area contributed by atoms with E-state index in [1.165, 1.54) is 12.1 Å². The summed E-state index contributed by atoms with van der Waals surface area (Å²) < 4.78 is 5.60. The van der Waals surface area contributed by atoms with E-state index >= 15 is 0 Å². The van der Waals surface area contributed by atoms with Crippen molar-refractivity contribution in [3.63, 3.8) is 0 Å². The maximum absolute atomic E-state index is 12.3. The molecule has 2 N–H and O–H groups in total. The summed E-state index contributed by atoms with van der Waals surface area (Å²) in [6, 6.07) is 12.9. The highest BCUT2D eigenvalue weighted by atomic mass is 16.5. The van der Waals surface area contributed by atoms with E-state index in [0.29, 0.717) is 23.8 Å². The molecule has 8 heteroatoms. The van der Waals surface area contributed by atoms with Gasteiger partial charge in [0.15, 0.2) is 0 Å². The number of hydrazine groups is 1. The summed E-state index contributed by atoms with van der Waals surface area (Å²) in [5.41, 5.74) is 5.34. The largest absolute Gasteiger partial charge is 0.494 e. The van der Waals surface area contributed by atoms with Crippen LogP contribution in [0.3, 0.4) is 0 Å². The first-order valence-corrected chi connectivity index (χ1v) is 9.64. The third kappa shape index (κ3) is 4.83. The molecule has 1 aliphatic rings. The van der Waals surface area contributed by atoms with Crippen LogP contribution in [-0.4, -0.2) is 41.7 Å². The van der Waals surface area contributed by atoms with Crippen molar-refractivity contribution in [1.29, 1.82) is 0 Å². The fourth-order valence-corrected chi connectivity index (χ4v) is 2.88. The number of fused-ring (bicyclic) bond motifs is 1. The highest BCUT2D eigenvalue weighted by Gasteiger charge is 2.36. The van der Waals surface area contributed by atoms with Gasteiger partial charge in [0.25, 0.3) is 23.6 Å². The van der Waals surface area contributed by atoms with Gasteiger partial charge in [0, 0.05) is 5.56 Å². The van der Waals surface area contributed by atoms with Gasteiger partial charge in [0.05, 0.1) is 17.7 Å². The fraction of sp³-hybridized carbons (Fsp3) is 0.273. The number of amides is 4. The predicted molar refractivity (Wildman–Crippen MR) is 109 cm³/mol. The smallest absolute Gasteiger partial charge is 0.269 e. The Bertz CT molecular complexity index is 934. The average Bonchev–Trinajstić information content (AvgIpc) is 2.97. The van der Waals surface area contributed by atoms with Crippen molar-refractivity contribution in [3.8, 4) is 5.75 Å². The second kappa shape index (κ2) is 9.21.